The molecule has 0 radical (unpaired) electrons. The first-order valence-corrected chi connectivity index (χ1v) is 7.88. The lowest BCUT2D eigenvalue weighted by atomic mass is 10.2. The Labute approximate surface area is 127 Å². The molecule has 122 valence electrons. The molecule has 0 saturated heterocycles. The second-order valence-corrected chi connectivity index (χ2v) is 6.33. The van der Waals surface area contributed by atoms with Crippen LogP contribution in [0.5, 0.6) is 0 Å². The summed E-state index contributed by atoms with van der Waals surface area (Å²) in [6.45, 7) is 1.08. The smallest absolute Gasteiger partial charge is 0.326 e. The molecule has 0 fully saturated rings. The van der Waals surface area contributed by atoms with Gasteiger partial charge in [-0.1, -0.05) is 12.1 Å². The fraction of sp³-hybridized carbons (Fsp3) is 0.385. The highest BCUT2D eigenvalue weighted by Gasteiger charge is 2.22. The average Bonchev–Trinajstić information content (AvgIpc) is 2.45. The Morgan fingerprint density at radius 3 is 2.50 bits per heavy atom. The van der Waals surface area contributed by atoms with Gasteiger partial charge in [0.15, 0.2) is 0 Å². The monoisotopic (exact) mass is 332 g/mol. The Morgan fingerprint density at radius 1 is 1.36 bits per heavy atom. The molecule has 7 nitrogen and oxygen atoms in total. The van der Waals surface area contributed by atoms with Gasteiger partial charge in [0.1, 0.15) is 16.8 Å². The van der Waals surface area contributed by atoms with Crippen molar-refractivity contribution >= 4 is 21.9 Å². The van der Waals surface area contributed by atoms with Crippen LogP contribution in [0.25, 0.3) is 0 Å². The molecular formula is C13H17FN2O5S. The van der Waals surface area contributed by atoms with E-state index in [-0.39, 0.29) is 13.0 Å². The lowest BCUT2D eigenvalue weighted by Gasteiger charge is -2.21. The Hall–Kier alpha value is -2.00. The molecule has 1 amide bonds. The molecule has 0 saturated carbocycles. The summed E-state index contributed by atoms with van der Waals surface area (Å²) in [5.74, 6) is -2.59. The topological polar surface area (TPSA) is 104 Å². The number of hydrogen-bond donors (Lipinski definition) is 2. The molecule has 0 aliphatic rings. The molecule has 1 aromatic carbocycles. The highest BCUT2D eigenvalue weighted by molar-refractivity contribution is 7.89. The number of carboxylic acid groups (broad SMARTS) is 1. The molecule has 0 spiro atoms. The van der Waals surface area contributed by atoms with Crippen LogP contribution >= 0.6 is 0 Å². The summed E-state index contributed by atoms with van der Waals surface area (Å²) < 4.78 is 39.3. The normalized spacial score (nSPS) is 12.7. The summed E-state index contributed by atoms with van der Waals surface area (Å²) in [5.41, 5.74) is 0. The fourth-order valence-electron chi connectivity index (χ4n) is 1.59. The van der Waals surface area contributed by atoms with Crippen LogP contribution < -0.4 is 4.72 Å². The van der Waals surface area contributed by atoms with Gasteiger partial charge < -0.3 is 10.0 Å². The van der Waals surface area contributed by atoms with Crippen LogP contribution in [0.3, 0.4) is 0 Å². The average molecular weight is 332 g/mol. The van der Waals surface area contributed by atoms with Gasteiger partial charge in [0, 0.05) is 20.0 Å². The number of likely N-dealkylation sites (N-methyl/N-ethyl adjacent to an activating group) is 1. The Balaban J connectivity index is 2.62. The molecule has 0 heterocycles. The van der Waals surface area contributed by atoms with Crippen LogP contribution in [0.2, 0.25) is 0 Å². The number of sulfonamides is 1. The Bertz CT molecular complexity index is 662. The summed E-state index contributed by atoms with van der Waals surface area (Å²) in [4.78, 5) is 23.0. The molecule has 9 heteroatoms. The third-order valence-corrected chi connectivity index (χ3v) is 4.58. The number of benzene rings is 1. The van der Waals surface area contributed by atoms with Gasteiger partial charge in [0.2, 0.25) is 15.9 Å². The lowest BCUT2D eigenvalue weighted by Crippen LogP contribution is -2.41. The number of carbonyl (C=O) groups is 2. The Morgan fingerprint density at radius 2 is 1.95 bits per heavy atom. The number of carbonyl (C=O) groups excluding carboxylic acids is 1. The van der Waals surface area contributed by atoms with Crippen LogP contribution in [0.4, 0.5) is 4.39 Å². The maximum Gasteiger partial charge on any atom is 0.326 e. The van der Waals surface area contributed by atoms with Crippen LogP contribution in [0.15, 0.2) is 29.2 Å². The number of hydrogen-bond acceptors (Lipinski definition) is 4. The third kappa shape index (κ3) is 4.50. The summed E-state index contributed by atoms with van der Waals surface area (Å²) in [7, 11) is -2.75. The number of aliphatic carboxylic acids is 1. The number of halogens is 1. The van der Waals surface area contributed by atoms with Crippen molar-refractivity contribution in [3.8, 4) is 0 Å². The molecule has 0 bridgehead atoms. The van der Waals surface area contributed by atoms with E-state index < -0.39 is 38.7 Å². The van der Waals surface area contributed by atoms with Crippen molar-refractivity contribution in [2.75, 3.05) is 13.6 Å². The predicted molar refractivity (Wildman–Crippen MR) is 76.1 cm³/mol. The first kappa shape index (κ1) is 18.1. The van der Waals surface area contributed by atoms with Gasteiger partial charge in [-0.15, -0.1) is 0 Å². The van der Waals surface area contributed by atoms with Crippen molar-refractivity contribution in [3.63, 3.8) is 0 Å². The van der Waals surface area contributed by atoms with E-state index in [1.807, 2.05) is 0 Å². The van der Waals surface area contributed by atoms with Gasteiger partial charge in [-0.2, -0.15) is 0 Å². The highest BCUT2D eigenvalue weighted by Crippen LogP contribution is 2.13. The molecule has 2 N–H and O–H groups in total. The van der Waals surface area contributed by atoms with Gasteiger partial charge in [0.05, 0.1) is 0 Å². The molecule has 1 aromatic rings. The summed E-state index contributed by atoms with van der Waals surface area (Å²) in [6, 6.07) is 3.85. The molecular weight excluding hydrogens is 315 g/mol. The van der Waals surface area contributed by atoms with Crippen molar-refractivity contribution in [2.45, 2.75) is 24.3 Å². The predicted octanol–water partition coefficient (Wildman–Crippen LogP) is 0.426. The van der Waals surface area contributed by atoms with Crippen LogP contribution in [-0.4, -0.2) is 49.9 Å². The van der Waals surface area contributed by atoms with Crippen LogP contribution in [0, 0.1) is 5.82 Å². The van der Waals surface area contributed by atoms with Crippen molar-refractivity contribution in [3.05, 3.63) is 30.1 Å². The first-order chi connectivity index (χ1) is 10.2. The number of nitrogens with zero attached hydrogens (tertiary/aromatic N) is 1. The van der Waals surface area contributed by atoms with Gasteiger partial charge in [-0.05, 0) is 19.1 Å². The molecule has 1 rings (SSSR count). The number of rotatable bonds is 7. The highest BCUT2D eigenvalue weighted by atomic mass is 32.2. The minimum absolute atomic E-state index is 0.234. The zero-order chi connectivity index (χ0) is 16.9. The minimum Gasteiger partial charge on any atom is -0.480 e. The quantitative estimate of drug-likeness (QED) is 0.753. The van der Waals surface area contributed by atoms with E-state index in [4.69, 9.17) is 5.11 Å². The van der Waals surface area contributed by atoms with E-state index in [0.717, 1.165) is 17.0 Å². The molecule has 0 aliphatic carbocycles. The molecule has 0 aromatic heterocycles. The molecule has 1 unspecified atom stereocenters. The summed E-state index contributed by atoms with van der Waals surface area (Å²) in [6.07, 6.45) is -0.234. The zero-order valence-corrected chi connectivity index (χ0v) is 12.9. The number of amides is 1. The van der Waals surface area contributed by atoms with Crippen molar-refractivity contribution < 1.29 is 27.5 Å². The van der Waals surface area contributed by atoms with Crippen LogP contribution in [-0.2, 0) is 19.6 Å². The molecule has 22 heavy (non-hydrogen) atoms. The fourth-order valence-corrected chi connectivity index (χ4v) is 2.70. The van der Waals surface area contributed by atoms with Crippen LogP contribution in [0.1, 0.15) is 13.3 Å². The second-order valence-electron chi connectivity index (χ2n) is 4.60. The van der Waals surface area contributed by atoms with E-state index in [1.54, 1.807) is 0 Å². The van der Waals surface area contributed by atoms with Gasteiger partial charge in [-0.3, -0.25) is 4.79 Å². The van der Waals surface area contributed by atoms with E-state index in [2.05, 4.69) is 4.72 Å². The Kier molecular flexibility index (Phi) is 6.01. The van der Waals surface area contributed by atoms with E-state index >= 15 is 0 Å². The molecule has 1 atom stereocenters. The second kappa shape index (κ2) is 7.32. The zero-order valence-electron chi connectivity index (χ0n) is 12.1. The maximum atomic E-state index is 13.4. The SMILES string of the molecule is CC(C(=O)O)N(C)C(=O)CCNS(=O)(=O)c1ccccc1F. The number of carboxylic acids is 1. The van der Waals surface area contributed by atoms with E-state index in [1.165, 1.54) is 26.1 Å². The van der Waals surface area contributed by atoms with Gasteiger partial charge in [-0.25, -0.2) is 22.3 Å². The van der Waals surface area contributed by atoms with Gasteiger partial charge >= 0.3 is 5.97 Å². The third-order valence-electron chi connectivity index (χ3n) is 3.09. The number of nitrogens with one attached hydrogen (secondary N) is 1. The van der Waals surface area contributed by atoms with E-state index in [0.29, 0.717) is 0 Å². The van der Waals surface area contributed by atoms with Crippen molar-refractivity contribution in [2.24, 2.45) is 0 Å². The standard InChI is InChI=1S/C13H17FN2O5S/c1-9(13(18)19)16(2)12(17)7-8-15-22(20,21)11-6-4-3-5-10(11)14/h3-6,9,15H,7-8H2,1-2H3,(H,18,19). The summed E-state index contributed by atoms with van der Waals surface area (Å²) in [5, 5.41) is 8.79. The van der Waals surface area contributed by atoms with Crippen molar-refractivity contribution in [1.82, 2.24) is 9.62 Å². The van der Waals surface area contributed by atoms with Gasteiger partial charge in [0.25, 0.3) is 0 Å². The summed E-state index contributed by atoms with van der Waals surface area (Å²) >= 11 is 0. The van der Waals surface area contributed by atoms with E-state index in [9.17, 15) is 22.4 Å². The van der Waals surface area contributed by atoms with Crippen molar-refractivity contribution in [1.29, 1.82) is 0 Å². The molecule has 0 aliphatic heterocycles. The lowest BCUT2D eigenvalue weighted by molar-refractivity contribution is -0.148. The minimum atomic E-state index is -4.06. The largest absolute Gasteiger partial charge is 0.480 e. The first-order valence-electron chi connectivity index (χ1n) is 6.39. The maximum absolute atomic E-state index is 13.4.